The average molecular weight is 582 g/mol. The van der Waals surface area contributed by atoms with E-state index in [1.165, 1.54) is 0 Å². The first-order valence-corrected chi connectivity index (χ1v) is 16.1. The summed E-state index contributed by atoms with van der Waals surface area (Å²) in [5, 5.41) is 10.6. The van der Waals surface area contributed by atoms with E-state index in [1.807, 2.05) is 49.1 Å². The summed E-state index contributed by atoms with van der Waals surface area (Å²) in [6, 6.07) is 8.28. The zero-order chi connectivity index (χ0) is 29.9. The number of benzene rings is 1. The van der Waals surface area contributed by atoms with E-state index >= 15 is 0 Å². The number of hydrogen-bond donors (Lipinski definition) is 1. The van der Waals surface area contributed by atoms with Gasteiger partial charge in [0.25, 0.3) is 0 Å². The molecular weight excluding hydrogens is 534 g/mol. The Morgan fingerprint density at radius 1 is 1.17 bits per heavy atom. The van der Waals surface area contributed by atoms with Gasteiger partial charge in [-0.2, -0.15) is 0 Å². The summed E-state index contributed by atoms with van der Waals surface area (Å²) in [7, 11) is 0. The quantitative estimate of drug-likeness (QED) is 0.321. The summed E-state index contributed by atoms with van der Waals surface area (Å²) in [4.78, 5) is 49.0. The molecule has 3 saturated heterocycles. The molecule has 4 rings (SSSR count). The molecule has 2 bridgehead atoms. The Labute approximate surface area is 250 Å². The topological polar surface area (TPSA) is 81.2 Å². The number of anilines is 1. The molecule has 1 N–H and O–H groups in total. The molecule has 1 aromatic carbocycles. The summed E-state index contributed by atoms with van der Waals surface area (Å²) in [5.41, 5.74) is 0.770. The van der Waals surface area contributed by atoms with Crippen molar-refractivity contribution < 1.29 is 19.5 Å². The number of fused-ring (bicyclic) bond motifs is 1. The van der Waals surface area contributed by atoms with Gasteiger partial charge in [-0.15, -0.1) is 24.9 Å². The molecule has 8 atom stereocenters. The van der Waals surface area contributed by atoms with E-state index in [-0.39, 0.29) is 41.4 Å². The highest BCUT2D eigenvalue weighted by Crippen LogP contribution is 2.69. The van der Waals surface area contributed by atoms with Gasteiger partial charge in [0, 0.05) is 30.6 Å². The van der Waals surface area contributed by atoms with Gasteiger partial charge in [-0.1, -0.05) is 70.9 Å². The highest BCUT2D eigenvalue weighted by Gasteiger charge is 2.77. The molecular formula is C33H47N3O4S. The van der Waals surface area contributed by atoms with E-state index in [1.54, 1.807) is 33.7 Å². The number of likely N-dealkylation sites (tertiary alicyclic amines) is 1. The van der Waals surface area contributed by atoms with Crippen LogP contribution in [0.1, 0.15) is 53.4 Å². The maximum absolute atomic E-state index is 14.7. The van der Waals surface area contributed by atoms with E-state index < -0.39 is 28.7 Å². The molecule has 8 heteroatoms. The van der Waals surface area contributed by atoms with Crippen LogP contribution in [0.5, 0.6) is 0 Å². The summed E-state index contributed by atoms with van der Waals surface area (Å²) in [6.45, 7) is 17.2. The molecule has 3 amide bonds. The molecule has 7 nitrogen and oxygen atoms in total. The molecule has 0 radical (unpaired) electrons. The van der Waals surface area contributed by atoms with Gasteiger partial charge >= 0.3 is 0 Å². The zero-order valence-corrected chi connectivity index (χ0v) is 25.9. The first kappa shape index (κ1) is 31.4. The van der Waals surface area contributed by atoms with Crippen molar-refractivity contribution in [2.75, 3.05) is 31.1 Å². The van der Waals surface area contributed by atoms with Gasteiger partial charge in [-0.3, -0.25) is 14.4 Å². The number of unbranched alkanes of at least 4 members (excludes halogenated alkanes) is 1. The fourth-order valence-corrected chi connectivity index (χ4v) is 9.80. The Balaban J connectivity index is 1.84. The first-order chi connectivity index (χ1) is 19.7. The predicted molar refractivity (Wildman–Crippen MR) is 167 cm³/mol. The van der Waals surface area contributed by atoms with E-state index in [0.29, 0.717) is 19.6 Å². The van der Waals surface area contributed by atoms with Crippen LogP contribution < -0.4 is 4.90 Å². The normalized spacial score (nSPS) is 29.6. The van der Waals surface area contributed by atoms with Crippen LogP contribution in [0, 0.1) is 23.7 Å². The predicted octanol–water partition coefficient (Wildman–Crippen LogP) is 4.76. The van der Waals surface area contributed by atoms with Crippen LogP contribution in [0.25, 0.3) is 0 Å². The lowest BCUT2D eigenvalue weighted by Gasteiger charge is -2.43. The Kier molecular flexibility index (Phi) is 10.1. The number of aliphatic hydroxyl groups is 1. The fourth-order valence-electron chi connectivity index (χ4n) is 7.40. The van der Waals surface area contributed by atoms with E-state index in [9.17, 15) is 19.5 Å². The molecule has 3 unspecified atom stereocenters. The van der Waals surface area contributed by atoms with Crippen LogP contribution in [-0.2, 0) is 14.4 Å². The zero-order valence-electron chi connectivity index (χ0n) is 25.1. The summed E-state index contributed by atoms with van der Waals surface area (Å²) >= 11 is 1.68. The smallest absolute Gasteiger partial charge is 0.247 e. The Bertz CT molecular complexity index is 1130. The first-order valence-electron chi connectivity index (χ1n) is 15.2. The van der Waals surface area contributed by atoms with Gasteiger partial charge in [0.05, 0.1) is 29.2 Å². The van der Waals surface area contributed by atoms with Crippen molar-refractivity contribution in [3.05, 3.63) is 55.6 Å². The van der Waals surface area contributed by atoms with Crippen molar-refractivity contribution in [3.8, 4) is 0 Å². The van der Waals surface area contributed by atoms with Crippen molar-refractivity contribution >= 4 is 35.2 Å². The lowest BCUT2D eigenvalue weighted by molar-refractivity contribution is -0.146. The number of para-hydroxylation sites is 1. The molecule has 0 saturated carbocycles. The molecule has 3 aliphatic heterocycles. The van der Waals surface area contributed by atoms with Crippen LogP contribution in [0.15, 0.2) is 55.6 Å². The lowest BCUT2D eigenvalue weighted by atomic mass is 9.65. The maximum atomic E-state index is 14.7. The van der Waals surface area contributed by atoms with Crippen molar-refractivity contribution in [2.24, 2.45) is 23.7 Å². The largest absolute Gasteiger partial charge is 0.394 e. The minimum atomic E-state index is -0.740. The number of rotatable bonds is 14. The highest BCUT2D eigenvalue weighted by molar-refractivity contribution is 8.02. The van der Waals surface area contributed by atoms with Crippen LogP contribution in [-0.4, -0.2) is 80.9 Å². The van der Waals surface area contributed by atoms with E-state index in [2.05, 4.69) is 27.0 Å². The van der Waals surface area contributed by atoms with Gasteiger partial charge in [0.15, 0.2) is 0 Å². The SMILES string of the molecule is C=CCN(CCCC)C(=O)C1N([C@@H](CO)[C@@H](C)CC)C(=O)[C@@H]2[C@H](C(=O)N(CC=C)c3ccccc3)[C@@H]3CC(C)C12S3. The minimum absolute atomic E-state index is 0.00814. The summed E-state index contributed by atoms with van der Waals surface area (Å²) in [5.74, 6) is -1.47. The van der Waals surface area contributed by atoms with Gasteiger partial charge in [-0.05, 0) is 36.8 Å². The molecule has 3 fully saturated rings. The van der Waals surface area contributed by atoms with Crippen LogP contribution in [0.2, 0.25) is 0 Å². The van der Waals surface area contributed by atoms with Crippen molar-refractivity contribution in [2.45, 2.75) is 75.5 Å². The minimum Gasteiger partial charge on any atom is -0.394 e. The Hall–Kier alpha value is -2.58. The number of nitrogens with zero attached hydrogens (tertiary/aromatic N) is 3. The van der Waals surface area contributed by atoms with Gasteiger partial charge in [-0.25, -0.2) is 0 Å². The van der Waals surface area contributed by atoms with E-state index in [4.69, 9.17) is 0 Å². The maximum Gasteiger partial charge on any atom is 0.247 e. The lowest BCUT2D eigenvalue weighted by Crippen LogP contribution is -2.60. The molecule has 1 aromatic rings. The second kappa shape index (κ2) is 13.2. The van der Waals surface area contributed by atoms with Gasteiger partial charge < -0.3 is 19.8 Å². The molecule has 3 aliphatic rings. The number of thioether (sulfide) groups is 1. The Morgan fingerprint density at radius 2 is 1.85 bits per heavy atom. The number of carbonyl (C=O) groups excluding carboxylic acids is 3. The third-order valence-electron chi connectivity index (χ3n) is 9.64. The third-order valence-corrected chi connectivity index (χ3v) is 11.7. The highest BCUT2D eigenvalue weighted by atomic mass is 32.2. The van der Waals surface area contributed by atoms with Crippen LogP contribution in [0.3, 0.4) is 0 Å². The number of hydrogen-bond acceptors (Lipinski definition) is 5. The number of amides is 3. The monoisotopic (exact) mass is 581 g/mol. The van der Waals surface area contributed by atoms with Crippen molar-refractivity contribution in [1.29, 1.82) is 0 Å². The van der Waals surface area contributed by atoms with Gasteiger partial charge in [0.2, 0.25) is 17.7 Å². The molecule has 41 heavy (non-hydrogen) atoms. The standard InChI is InChI=1S/C33H47N3O4S/c1-7-11-19-34(17-8-2)32(40)29-33-23(6)20-26(41-33)27(28(33)31(39)36(29)25(21-37)22(5)10-4)30(38)35(18-9-3)24-15-13-12-14-16-24/h8-9,12-16,22-23,25-29,37H,2-3,7,10-11,17-21H2,1,4-6H3/t22-,23?,25-,26-,27+,28-,29?,33?/m0/s1. The average Bonchev–Trinajstić information content (AvgIpc) is 3.57. The summed E-state index contributed by atoms with van der Waals surface area (Å²) in [6.07, 6.45) is 6.77. The van der Waals surface area contributed by atoms with Crippen LogP contribution >= 0.6 is 11.8 Å². The summed E-state index contributed by atoms with van der Waals surface area (Å²) < 4.78 is -0.734. The van der Waals surface area contributed by atoms with E-state index in [0.717, 1.165) is 31.4 Å². The third kappa shape index (κ3) is 5.27. The number of aliphatic hydroxyl groups excluding tert-OH is 1. The van der Waals surface area contributed by atoms with Crippen molar-refractivity contribution in [3.63, 3.8) is 0 Å². The Morgan fingerprint density at radius 3 is 2.44 bits per heavy atom. The molecule has 224 valence electrons. The molecule has 1 spiro atoms. The second-order valence-corrected chi connectivity index (χ2v) is 13.5. The van der Waals surface area contributed by atoms with Gasteiger partial charge in [0.1, 0.15) is 6.04 Å². The van der Waals surface area contributed by atoms with Crippen molar-refractivity contribution in [1.82, 2.24) is 9.80 Å². The second-order valence-electron chi connectivity index (χ2n) is 11.9. The fraction of sp³-hybridized carbons (Fsp3) is 0.606. The molecule has 0 aromatic heterocycles. The number of carbonyl (C=O) groups is 3. The molecule has 3 heterocycles. The molecule has 0 aliphatic carbocycles. The van der Waals surface area contributed by atoms with Crippen LogP contribution in [0.4, 0.5) is 5.69 Å².